The van der Waals surface area contributed by atoms with E-state index in [4.69, 9.17) is 9.98 Å². The maximum Gasteiger partial charge on any atom is 0.187 e. The van der Waals surface area contributed by atoms with Gasteiger partial charge in [-0.15, -0.1) is 15.6 Å². The van der Waals surface area contributed by atoms with Crippen LogP contribution in [-0.2, 0) is 6.54 Å². The first-order chi connectivity index (χ1) is 13.1. The summed E-state index contributed by atoms with van der Waals surface area (Å²) in [6.07, 6.45) is 8.19. The quantitative estimate of drug-likeness (QED) is 0.549. The number of aryl methyl sites for hydroxylation is 1. The van der Waals surface area contributed by atoms with E-state index in [2.05, 4.69) is 21.7 Å². The van der Waals surface area contributed by atoms with Crippen LogP contribution in [0.25, 0.3) is 0 Å². The van der Waals surface area contributed by atoms with Crippen LogP contribution in [0, 0.1) is 6.92 Å². The molecule has 3 aromatic heterocycles. The van der Waals surface area contributed by atoms with Crippen molar-refractivity contribution >= 4 is 46.4 Å². The van der Waals surface area contributed by atoms with Gasteiger partial charge in [0.05, 0.1) is 18.4 Å². The van der Waals surface area contributed by atoms with Crippen molar-refractivity contribution in [3.8, 4) is 0 Å². The Balaban J connectivity index is 2.04. The van der Waals surface area contributed by atoms with Crippen LogP contribution in [0.15, 0.2) is 34.7 Å². The molecule has 27 heavy (non-hydrogen) atoms. The summed E-state index contributed by atoms with van der Waals surface area (Å²) in [4.78, 5) is 9.44. The Hall–Kier alpha value is -1.85. The molecule has 0 amide bonds. The molecule has 3 heterocycles. The minimum absolute atomic E-state index is 0.0717. The molecule has 3 aromatic rings. The Morgan fingerprint density at radius 1 is 1.37 bits per heavy atom. The lowest BCUT2D eigenvalue weighted by Crippen LogP contribution is -2.26. The zero-order chi connectivity index (χ0) is 19.2. The number of nitrogens with one attached hydrogen (secondary N) is 1. The molecule has 0 atom stereocenters. The van der Waals surface area contributed by atoms with Gasteiger partial charge in [-0.2, -0.15) is 13.6 Å². The maximum atomic E-state index is 12.7. The normalized spacial score (nSPS) is 11.9. The van der Waals surface area contributed by atoms with Crippen LogP contribution in [0.1, 0.15) is 24.6 Å². The van der Waals surface area contributed by atoms with E-state index in [1.54, 1.807) is 24.2 Å². The van der Waals surface area contributed by atoms with Crippen LogP contribution >= 0.6 is 35.6 Å². The zero-order valence-corrected chi connectivity index (χ0v) is 17.7. The van der Waals surface area contributed by atoms with Crippen molar-refractivity contribution in [2.24, 2.45) is 4.99 Å². The van der Waals surface area contributed by atoms with Crippen molar-refractivity contribution in [2.45, 2.75) is 31.8 Å². The molecule has 0 unspecified atom stereocenters. The number of halogens is 1. The molecule has 3 rings (SSSR count). The Morgan fingerprint density at radius 2 is 2.22 bits per heavy atom. The molecular formula is C16H20FN7S3. The van der Waals surface area contributed by atoms with Crippen LogP contribution < -0.4 is 10.8 Å². The largest absolute Gasteiger partial charge is 0.328 e. The molecule has 0 bridgehead atoms. The van der Waals surface area contributed by atoms with E-state index < -0.39 is 0 Å². The number of hydrogen-bond acceptors (Lipinski definition) is 8. The van der Waals surface area contributed by atoms with Crippen molar-refractivity contribution in [3.63, 3.8) is 0 Å². The molecule has 0 saturated heterocycles. The van der Waals surface area contributed by atoms with Gasteiger partial charge in [0.2, 0.25) is 0 Å². The molecular weight excluding hydrogens is 405 g/mol. The van der Waals surface area contributed by atoms with E-state index in [-0.39, 0.29) is 12.3 Å². The summed E-state index contributed by atoms with van der Waals surface area (Å²) in [5.41, 5.74) is 2.59. The summed E-state index contributed by atoms with van der Waals surface area (Å²) >= 11 is 3.02. The monoisotopic (exact) mass is 425 g/mol. The Morgan fingerprint density at radius 3 is 2.85 bits per heavy atom. The molecule has 0 spiro atoms. The van der Waals surface area contributed by atoms with Gasteiger partial charge in [0, 0.05) is 24.5 Å². The van der Waals surface area contributed by atoms with Crippen LogP contribution in [0.5, 0.6) is 0 Å². The van der Waals surface area contributed by atoms with E-state index in [1.807, 2.05) is 30.0 Å². The van der Waals surface area contributed by atoms with E-state index in [1.165, 1.54) is 15.6 Å². The first kappa shape index (κ1) is 19.9. The smallest absolute Gasteiger partial charge is 0.187 e. The summed E-state index contributed by atoms with van der Waals surface area (Å²) in [5, 5.41) is 9.11. The first-order valence-electron chi connectivity index (χ1n) is 8.32. The highest BCUT2D eigenvalue weighted by atomic mass is 32.2. The number of rotatable bonds is 8. The lowest BCUT2D eigenvalue weighted by molar-refractivity contribution is 0.697. The molecule has 0 aliphatic heterocycles. The zero-order valence-electron chi connectivity index (χ0n) is 15.2. The average Bonchev–Trinajstić information content (AvgIpc) is 3.29. The second-order valence-corrected chi connectivity index (χ2v) is 7.89. The molecule has 0 aliphatic carbocycles. The lowest BCUT2D eigenvalue weighted by atomic mass is 10.3. The fourth-order valence-corrected chi connectivity index (χ4v) is 3.73. The van der Waals surface area contributed by atoms with Gasteiger partial charge in [-0.25, -0.2) is 4.98 Å². The number of hydrogen-bond donors (Lipinski definition) is 1. The van der Waals surface area contributed by atoms with Crippen LogP contribution in [0.3, 0.4) is 0 Å². The van der Waals surface area contributed by atoms with Gasteiger partial charge in [-0.1, -0.05) is 6.92 Å². The van der Waals surface area contributed by atoms with Crippen molar-refractivity contribution in [3.05, 3.63) is 41.4 Å². The van der Waals surface area contributed by atoms with Crippen molar-refractivity contribution < 1.29 is 3.89 Å². The third-order valence-corrected chi connectivity index (χ3v) is 5.33. The maximum absolute atomic E-state index is 12.7. The number of aromatic nitrogens is 5. The number of nitrogens with zero attached hydrogens (tertiary/aromatic N) is 6. The van der Waals surface area contributed by atoms with E-state index in [0.29, 0.717) is 18.9 Å². The third kappa shape index (κ3) is 5.11. The van der Waals surface area contributed by atoms with E-state index in [0.717, 1.165) is 33.2 Å². The van der Waals surface area contributed by atoms with Crippen LogP contribution in [0.4, 0.5) is 14.7 Å². The predicted molar refractivity (Wildman–Crippen MR) is 110 cm³/mol. The second-order valence-electron chi connectivity index (χ2n) is 5.74. The fourth-order valence-electron chi connectivity index (χ4n) is 2.40. The average molecular weight is 426 g/mol. The fraction of sp³-hybridized carbons (Fsp3) is 0.375. The Labute approximate surface area is 169 Å². The number of thioether (sulfide) groups is 1. The summed E-state index contributed by atoms with van der Waals surface area (Å²) < 4.78 is 20.2. The highest BCUT2D eigenvalue weighted by molar-refractivity contribution is 7.98. The van der Waals surface area contributed by atoms with Crippen LogP contribution in [-0.4, -0.2) is 35.9 Å². The molecule has 0 fully saturated rings. The third-order valence-electron chi connectivity index (χ3n) is 3.57. The molecule has 0 saturated carbocycles. The highest BCUT2D eigenvalue weighted by Gasteiger charge is 2.11. The summed E-state index contributed by atoms with van der Waals surface area (Å²) in [5.74, 6) is 0.686. The van der Waals surface area contributed by atoms with Gasteiger partial charge >= 0.3 is 0 Å². The second kappa shape index (κ2) is 9.38. The van der Waals surface area contributed by atoms with Crippen molar-refractivity contribution in [1.82, 2.24) is 23.1 Å². The Bertz CT molecular complexity index is 963. The summed E-state index contributed by atoms with van der Waals surface area (Å²) in [6.45, 7) is 5.25. The van der Waals surface area contributed by atoms with Gasteiger partial charge in [-0.05, 0) is 37.2 Å². The predicted octanol–water partition coefficient (Wildman–Crippen LogP) is 4.05. The summed E-state index contributed by atoms with van der Waals surface area (Å²) in [7, 11) is 0. The van der Waals surface area contributed by atoms with E-state index >= 15 is 0 Å². The molecule has 0 radical (unpaired) electrons. The molecule has 7 nitrogen and oxygen atoms in total. The Kier molecular flexibility index (Phi) is 6.91. The lowest BCUT2D eigenvalue weighted by Gasteiger charge is -2.13. The van der Waals surface area contributed by atoms with Crippen molar-refractivity contribution in [1.29, 1.82) is 0 Å². The molecule has 11 heteroatoms. The number of anilines is 2. The van der Waals surface area contributed by atoms with Gasteiger partial charge < -0.3 is 9.88 Å². The van der Waals surface area contributed by atoms with Gasteiger partial charge in [-0.3, -0.25) is 4.99 Å². The first-order valence-corrected chi connectivity index (χ1v) is 11.0. The molecule has 144 valence electrons. The molecule has 0 aromatic carbocycles. The highest BCUT2D eigenvalue weighted by Crippen LogP contribution is 2.20. The van der Waals surface area contributed by atoms with Crippen LogP contribution in [0.2, 0.25) is 0 Å². The molecule has 0 aliphatic rings. The van der Waals surface area contributed by atoms with Gasteiger partial charge in [0.25, 0.3) is 0 Å². The van der Waals surface area contributed by atoms with E-state index in [9.17, 15) is 3.89 Å². The van der Waals surface area contributed by atoms with Crippen molar-refractivity contribution in [2.75, 3.05) is 18.1 Å². The minimum Gasteiger partial charge on any atom is -0.328 e. The molecule has 1 N–H and O–H groups in total. The standard InChI is InChI=1S/C16H20FN7S3/c1-4-5-18-16-15(20-13-6-11(2)22-26-13)21-14(25-3)10-23(16)8-12-7-19-24(9-12)27-17/h6-7,9-10H,4-5,8H2,1-3H3,(H,20,21). The minimum atomic E-state index is 0.0717. The van der Waals surface area contributed by atoms with Gasteiger partial charge in [0.15, 0.2) is 23.6 Å². The summed E-state index contributed by atoms with van der Waals surface area (Å²) in [6, 6.07) is 1.98. The SMILES string of the molecule is CCCN=c1c(Nc2cc(C)ns2)nc(SC)cn1Cc1cnn(SF)c1. The van der Waals surface area contributed by atoms with Gasteiger partial charge in [0.1, 0.15) is 10.0 Å². The topological polar surface area (TPSA) is 72.9 Å².